The summed E-state index contributed by atoms with van der Waals surface area (Å²) in [7, 11) is -3.64. The van der Waals surface area contributed by atoms with E-state index < -0.39 is 33.6 Å². The zero-order chi connectivity index (χ0) is 68.3. The number of fused-ring (bicyclic) bond motifs is 2. The third-order valence-corrected chi connectivity index (χ3v) is 19.3. The Morgan fingerprint density at radius 1 is 0.618 bits per heavy atom. The summed E-state index contributed by atoms with van der Waals surface area (Å²) in [6, 6.07) is 22.1. The van der Waals surface area contributed by atoms with Crippen molar-refractivity contribution in [2.45, 2.75) is 122 Å². The van der Waals surface area contributed by atoms with Gasteiger partial charge in [-0.15, -0.1) is 20.4 Å². The van der Waals surface area contributed by atoms with Gasteiger partial charge in [0.15, 0.2) is 11.6 Å². The van der Waals surface area contributed by atoms with Crippen LogP contribution in [0.3, 0.4) is 0 Å². The van der Waals surface area contributed by atoms with Gasteiger partial charge in [0.25, 0.3) is 21.9 Å². The third kappa shape index (κ3) is 18.4. The number of aromatic hydroxyl groups is 1. The van der Waals surface area contributed by atoms with Gasteiger partial charge in [-0.3, -0.25) is 13.8 Å². The molecule has 2 amide bonds. The van der Waals surface area contributed by atoms with Crippen LogP contribution in [-0.4, -0.2) is 149 Å². The predicted molar refractivity (Wildman–Crippen MR) is 367 cm³/mol. The molecule has 0 spiro atoms. The van der Waals surface area contributed by atoms with E-state index in [1.54, 1.807) is 82.6 Å². The van der Waals surface area contributed by atoms with Gasteiger partial charge in [-0.05, 0) is 107 Å². The SMILES string of the molecule is CC1(CO)COC1.CC1(COc2cc(F)c(C(=O)Nc3cccc(-c4nnc5n4CCCC5)n3)cc2-n2cnc(C3CC3)c2)COC1.Cc1ccc(S(=O)(=O)OCC2(C)COC2)cc1.O=C(Nc1cccc(-c2nnc3n2CCCC3)n1)c1cc(-n2cnc(C3CC3)c2)c(O)cc1F.[CH3-].[CH3-].[W].[W]. The Kier molecular flexibility index (Phi) is 25.6. The van der Waals surface area contributed by atoms with Crippen molar-refractivity contribution in [1.82, 2.24) is 58.6 Å². The maximum absolute atomic E-state index is 15.4. The summed E-state index contributed by atoms with van der Waals surface area (Å²) in [5, 5.41) is 41.4. The fourth-order valence-electron chi connectivity index (χ4n) is 11.6. The van der Waals surface area contributed by atoms with Gasteiger partial charge in [-0.2, -0.15) is 8.42 Å². The molecule has 4 N–H and O–H groups in total. The van der Waals surface area contributed by atoms with Gasteiger partial charge in [-0.25, -0.2) is 28.7 Å². The number of ether oxygens (including phenoxy) is 4. The van der Waals surface area contributed by atoms with Crippen molar-refractivity contribution in [3.63, 3.8) is 0 Å². The van der Waals surface area contributed by atoms with Crippen LogP contribution < -0.4 is 15.4 Å². The first-order valence-electron chi connectivity index (χ1n) is 33.0. The Morgan fingerprint density at radius 2 is 1.08 bits per heavy atom. The number of nitrogens with one attached hydrogen (secondary N) is 2. The van der Waals surface area contributed by atoms with Gasteiger partial charge in [0.2, 0.25) is 0 Å². The van der Waals surface area contributed by atoms with Crippen molar-refractivity contribution in [2.75, 3.05) is 70.1 Å². The van der Waals surface area contributed by atoms with Crippen molar-refractivity contribution in [2.24, 2.45) is 16.2 Å². The molecule has 3 aromatic carbocycles. The van der Waals surface area contributed by atoms with Crippen LogP contribution in [0.4, 0.5) is 20.4 Å². The molecule has 0 radical (unpaired) electrons. The molecule has 16 rings (SSSR count). The summed E-state index contributed by atoms with van der Waals surface area (Å²) in [6.07, 6.45) is 17.4. The Balaban J connectivity index is 0.000000176. The molecule has 9 aromatic rings. The standard InChI is InChI=1S/C29H30FN7O3.C24H22FN7O2.C12H16O4S.C5H10O2.2CH3.2W/c1-29(14-39-15-29)16-40-24-12-20(30)19(11-23(24)36-13-22(31-17-36)18-8-9-18)28(38)33-25-6-4-5-21(32-25)27-35-34-26-7-2-3-10-37(26)27;25-16-11-20(33)19(31-12-18(26-13-31)14-7-8-14)10-15(16)24(34)28-21-5-3-4-17(27-21)23-30-29-22-6-1-2-9-32(22)23;1-10-3-5-11(6-4-10)17(13,14)16-9-12(2)7-15-8-12;1-5(2-6)3-7-4-5;;;;/h4-6,11-13,17-18H,2-3,7-10,14-16H2,1H3,(H,32,33,38);3-5,10-14,33H,1-2,6-9H2,(H,27,28,34);3-6H,7-9H2,1-2H3;6H,2-4H2,1H3;2*1H3;;/q;;;;2*-1;;. The fourth-order valence-corrected chi connectivity index (χ4v) is 12.6. The molecule has 3 saturated heterocycles. The van der Waals surface area contributed by atoms with Crippen molar-refractivity contribution in [3.8, 4) is 45.9 Å². The number of hydrogen-bond acceptors (Lipinski definition) is 19. The number of carbonyl (C=O) groups is 2. The zero-order valence-corrected chi connectivity index (χ0v) is 64.5. The first-order chi connectivity index (χ1) is 47.2. The van der Waals surface area contributed by atoms with E-state index in [0.717, 1.165) is 125 Å². The minimum absolute atomic E-state index is 0. The van der Waals surface area contributed by atoms with Crippen molar-refractivity contribution in [1.29, 1.82) is 0 Å². The number of aryl methyl sites for hydroxylation is 3. The number of anilines is 2. The van der Waals surface area contributed by atoms with Gasteiger partial charge < -0.3 is 72.9 Å². The molecule has 6 aromatic heterocycles. The summed E-state index contributed by atoms with van der Waals surface area (Å²) < 4.78 is 87.7. The van der Waals surface area contributed by atoms with Crippen molar-refractivity contribution < 1.29 is 102 Å². The van der Waals surface area contributed by atoms with E-state index in [0.29, 0.717) is 85.2 Å². The molecule has 11 heterocycles. The molecule has 2 saturated carbocycles. The molecule has 0 unspecified atom stereocenters. The Labute approximate surface area is 620 Å². The number of amides is 2. The van der Waals surface area contributed by atoms with Gasteiger partial charge in [0, 0.05) is 121 Å². The maximum atomic E-state index is 15.4. The van der Waals surface area contributed by atoms with Crippen LogP contribution in [0.1, 0.15) is 133 Å². The van der Waals surface area contributed by atoms with E-state index in [9.17, 15) is 27.5 Å². The normalized spacial score (nSPS) is 16.9. The number of nitrogens with zero attached hydrogens (tertiary/aromatic N) is 12. The van der Waals surface area contributed by atoms with Gasteiger partial charge >= 0.3 is 0 Å². The van der Waals surface area contributed by atoms with Gasteiger partial charge in [0.1, 0.15) is 57.8 Å². The molecule has 0 bridgehead atoms. The Morgan fingerprint density at radius 3 is 1.53 bits per heavy atom. The smallest absolute Gasteiger partial charge is 0.296 e. The molecule has 542 valence electrons. The van der Waals surface area contributed by atoms with Crippen molar-refractivity contribution >= 4 is 33.6 Å². The average Bonchev–Trinajstić information content (AvgIpc) is 1.66. The monoisotopic (exact) mass is 1760 g/mol. The summed E-state index contributed by atoms with van der Waals surface area (Å²) in [5.41, 5.74) is 4.41. The number of imidazole rings is 2. The number of benzene rings is 3. The second kappa shape index (κ2) is 33.3. The number of aromatic nitrogens is 12. The molecule has 102 heavy (non-hydrogen) atoms. The number of phenolic OH excluding ortho intramolecular Hbond substituents is 1. The van der Waals surface area contributed by atoms with Gasteiger partial charge in [0.05, 0.1) is 111 Å². The predicted octanol–water partition coefficient (Wildman–Crippen LogP) is 11.0. The van der Waals surface area contributed by atoms with Gasteiger partial charge in [-0.1, -0.05) is 50.6 Å². The van der Waals surface area contributed by atoms with E-state index in [-0.39, 0.29) is 120 Å². The molecular weight excluding hydrogens is 1670 g/mol. The van der Waals surface area contributed by atoms with E-state index in [1.165, 1.54) is 18.2 Å². The Hall–Kier alpha value is -7.81. The number of hydrogen-bond donors (Lipinski definition) is 4. The maximum Gasteiger partial charge on any atom is 0.296 e. The number of rotatable bonds is 18. The van der Waals surface area contributed by atoms with Crippen LogP contribution in [0.5, 0.6) is 11.5 Å². The number of phenols is 1. The van der Waals surface area contributed by atoms with E-state index in [1.807, 2.05) is 37.6 Å². The number of carbonyl (C=O) groups excluding carboxylic acids is 2. The zero-order valence-electron chi connectivity index (χ0n) is 57.8. The van der Waals surface area contributed by atoms with E-state index in [2.05, 4.69) is 62.5 Å². The topological polar surface area (TPSA) is 302 Å². The van der Waals surface area contributed by atoms with Crippen LogP contribution in [0.2, 0.25) is 0 Å². The number of halogens is 2. The van der Waals surface area contributed by atoms with Crippen LogP contribution in [0, 0.1) is 49.7 Å². The summed E-state index contributed by atoms with van der Waals surface area (Å²) >= 11 is 0. The molecule has 5 fully saturated rings. The number of aliphatic hydroxyl groups excluding tert-OH is 1. The van der Waals surface area contributed by atoms with Crippen molar-refractivity contribution in [3.05, 3.63) is 176 Å². The Bertz CT molecular complexity index is 4510. The summed E-state index contributed by atoms with van der Waals surface area (Å²) in [4.78, 5) is 44.5. The molecule has 5 aliphatic heterocycles. The summed E-state index contributed by atoms with van der Waals surface area (Å²) in [5.74, 6) is 1.91. The molecule has 2 aliphatic carbocycles. The molecular formula is C72H84F2N14O11SW2-2. The number of pyridine rings is 2. The molecule has 0 atom stereocenters. The quantitative estimate of drug-likeness (QED) is 0.0458. The average molecular weight is 1760 g/mol. The molecule has 25 nitrogen and oxygen atoms in total. The largest absolute Gasteiger partial charge is 0.506 e. The van der Waals surface area contributed by atoms with E-state index >= 15 is 4.39 Å². The minimum atomic E-state index is -3.64. The minimum Gasteiger partial charge on any atom is -0.506 e. The van der Waals surface area contributed by atoms with Crippen LogP contribution >= 0.6 is 0 Å². The second-order valence-electron chi connectivity index (χ2n) is 27.3. The summed E-state index contributed by atoms with van der Waals surface area (Å²) in [6.45, 7) is 14.1. The van der Waals surface area contributed by atoms with Crippen LogP contribution in [0.25, 0.3) is 34.4 Å². The number of aliphatic hydroxyl groups is 1. The molecule has 30 heteroatoms. The third-order valence-electron chi connectivity index (χ3n) is 18.0. The fraction of sp³-hybridized carbons (Fsp3) is 0.417. The van der Waals surface area contributed by atoms with Crippen LogP contribution in [0.15, 0.2) is 115 Å². The first kappa shape index (κ1) is 78.3. The molecule has 7 aliphatic rings. The van der Waals surface area contributed by atoms with E-state index in [4.69, 9.17) is 28.2 Å². The first-order valence-corrected chi connectivity index (χ1v) is 34.4. The second-order valence-corrected chi connectivity index (χ2v) is 28.9. The van der Waals surface area contributed by atoms with Crippen LogP contribution in [-0.2, 0) is 96.6 Å².